The molecule has 0 aromatic heterocycles. The van der Waals surface area contributed by atoms with E-state index in [0.29, 0.717) is 19.4 Å². The lowest BCUT2D eigenvalue weighted by molar-refractivity contribution is -0.302. The second-order valence-electron chi connectivity index (χ2n) is 24.9. The van der Waals surface area contributed by atoms with Gasteiger partial charge < -0.3 is 45.1 Å². The van der Waals surface area contributed by atoms with Gasteiger partial charge in [-0.1, -0.05) is 287 Å². The summed E-state index contributed by atoms with van der Waals surface area (Å²) in [7, 11) is 0. The topological polar surface area (TPSA) is 175 Å². The second kappa shape index (κ2) is 62.2. The number of carbonyl (C=O) groups is 2. The van der Waals surface area contributed by atoms with Gasteiger partial charge in [-0.05, 0) is 89.9 Å². The molecule has 492 valence electrons. The first kappa shape index (κ1) is 79.6. The summed E-state index contributed by atoms with van der Waals surface area (Å²) < 4.78 is 16.7. The van der Waals surface area contributed by atoms with Crippen LogP contribution in [0.4, 0.5) is 0 Å². The summed E-state index contributed by atoms with van der Waals surface area (Å²) in [6, 6.07) is -0.827. The summed E-state index contributed by atoms with van der Waals surface area (Å²) in [5.41, 5.74) is 0. The number of ether oxygens (including phenoxy) is 3. The van der Waals surface area contributed by atoms with E-state index in [1.807, 2.05) is 6.08 Å². The molecule has 7 unspecified atom stereocenters. The number of aliphatic hydroxyl groups is 5. The number of allylic oxidation sites excluding steroid dienone is 7. The lowest BCUT2D eigenvalue weighted by Crippen LogP contribution is -2.60. The van der Waals surface area contributed by atoms with Crippen molar-refractivity contribution in [2.24, 2.45) is 0 Å². The molecule has 1 aliphatic rings. The highest BCUT2D eigenvalue weighted by molar-refractivity contribution is 5.76. The van der Waals surface area contributed by atoms with E-state index in [9.17, 15) is 35.1 Å². The Balaban J connectivity index is 2.00. The molecule has 0 spiro atoms. The van der Waals surface area contributed by atoms with Crippen molar-refractivity contribution in [1.82, 2.24) is 5.32 Å². The molecule has 1 aliphatic heterocycles. The molecule has 1 heterocycles. The maximum Gasteiger partial charge on any atom is 0.305 e. The Hall–Kier alpha value is -2.38. The van der Waals surface area contributed by atoms with Gasteiger partial charge in [-0.25, -0.2) is 0 Å². The molecule has 1 saturated heterocycles. The summed E-state index contributed by atoms with van der Waals surface area (Å²) in [6.07, 6.45) is 71.0. The zero-order valence-corrected chi connectivity index (χ0v) is 54.6. The van der Waals surface area contributed by atoms with E-state index in [0.717, 1.165) is 57.8 Å². The van der Waals surface area contributed by atoms with Crippen LogP contribution in [0.25, 0.3) is 0 Å². The first-order valence-electron chi connectivity index (χ1n) is 35.9. The molecule has 1 amide bonds. The van der Waals surface area contributed by atoms with Gasteiger partial charge in [-0.2, -0.15) is 0 Å². The number of hydrogen-bond donors (Lipinski definition) is 6. The Kier molecular flexibility index (Phi) is 59.0. The van der Waals surface area contributed by atoms with Crippen LogP contribution in [0, 0.1) is 0 Å². The van der Waals surface area contributed by atoms with Crippen molar-refractivity contribution < 1.29 is 49.3 Å². The summed E-state index contributed by atoms with van der Waals surface area (Å²) in [5, 5.41) is 54.5. The van der Waals surface area contributed by atoms with Crippen LogP contribution in [0.5, 0.6) is 0 Å². The zero-order chi connectivity index (χ0) is 60.9. The number of hydrogen-bond acceptors (Lipinski definition) is 10. The van der Waals surface area contributed by atoms with Crippen LogP contribution in [-0.4, -0.2) is 100 Å². The molecular weight excluding hydrogens is 1050 g/mol. The van der Waals surface area contributed by atoms with E-state index in [1.165, 1.54) is 257 Å². The van der Waals surface area contributed by atoms with Crippen LogP contribution >= 0.6 is 0 Å². The van der Waals surface area contributed by atoms with Crippen LogP contribution in [0.3, 0.4) is 0 Å². The van der Waals surface area contributed by atoms with Crippen molar-refractivity contribution in [2.45, 2.75) is 384 Å². The number of aliphatic hydroxyl groups excluding tert-OH is 5. The van der Waals surface area contributed by atoms with Crippen molar-refractivity contribution in [3.05, 3.63) is 48.6 Å². The Morgan fingerprint density at radius 2 is 0.786 bits per heavy atom. The molecule has 0 bridgehead atoms. The van der Waals surface area contributed by atoms with Gasteiger partial charge in [-0.3, -0.25) is 9.59 Å². The lowest BCUT2D eigenvalue weighted by Gasteiger charge is -2.40. The highest BCUT2D eigenvalue weighted by Gasteiger charge is 2.44. The van der Waals surface area contributed by atoms with Gasteiger partial charge >= 0.3 is 5.97 Å². The Morgan fingerprint density at radius 1 is 0.429 bits per heavy atom. The van der Waals surface area contributed by atoms with Crippen LogP contribution in [0.15, 0.2) is 48.6 Å². The van der Waals surface area contributed by atoms with Crippen molar-refractivity contribution in [3.63, 3.8) is 0 Å². The van der Waals surface area contributed by atoms with Gasteiger partial charge in [0.2, 0.25) is 5.91 Å². The number of esters is 1. The highest BCUT2D eigenvalue weighted by atomic mass is 16.7. The average Bonchev–Trinajstić information content (AvgIpc) is 3.65. The van der Waals surface area contributed by atoms with Crippen molar-refractivity contribution in [3.8, 4) is 0 Å². The third-order valence-corrected chi connectivity index (χ3v) is 16.9. The van der Waals surface area contributed by atoms with Crippen LogP contribution < -0.4 is 5.32 Å². The standard InChI is InChI=1S/C73H135NO10/c1-3-5-7-9-11-13-15-16-33-36-40-43-47-51-55-59-66(76)65(64-83-73-72(81)71(80)70(79)67(63-75)84-73)74-68(77)60-56-52-48-44-41-37-34-31-29-27-25-23-21-19-17-18-20-22-24-26-28-30-32-35-38-42-46-50-54-58-62-82-69(78)61-57-53-49-45-39-14-12-10-8-6-4-2/h10,12,18,20,40,43,55,59,65-67,70-73,75-76,79-81H,3-9,11,13-17,19,21-39,41-42,44-54,56-58,60-64H2,1-2H3,(H,74,77)/b12-10-,20-18-,43-40+,59-55+. The molecule has 0 aromatic rings. The number of carbonyl (C=O) groups excluding carboxylic acids is 2. The first-order valence-corrected chi connectivity index (χ1v) is 35.9. The molecule has 0 aromatic carbocycles. The quantitative estimate of drug-likeness (QED) is 0.0195. The van der Waals surface area contributed by atoms with Gasteiger partial charge in [0.25, 0.3) is 0 Å². The van der Waals surface area contributed by atoms with Crippen LogP contribution in [0.2, 0.25) is 0 Å². The molecule has 11 nitrogen and oxygen atoms in total. The molecule has 0 radical (unpaired) electrons. The van der Waals surface area contributed by atoms with Gasteiger partial charge in [0.1, 0.15) is 24.4 Å². The first-order chi connectivity index (χ1) is 41.2. The predicted molar refractivity (Wildman–Crippen MR) is 352 cm³/mol. The third-order valence-electron chi connectivity index (χ3n) is 16.9. The van der Waals surface area contributed by atoms with Crippen LogP contribution in [0.1, 0.15) is 341 Å². The van der Waals surface area contributed by atoms with Crippen molar-refractivity contribution in [2.75, 3.05) is 19.8 Å². The van der Waals surface area contributed by atoms with Gasteiger partial charge in [-0.15, -0.1) is 0 Å². The zero-order valence-electron chi connectivity index (χ0n) is 54.6. The molecule has 0 aliphatic carbocycles. The number of amides is 1. The SMILES string of the molecule is CCCC/C=C\CCCCCCCC(=O)OCCCCCCCCCCCCCC/C=C\CCCCCCCCCCCCCCCCC(=O)NC(COC1OC(CO)C(O)C(O)C1O)C(O)/C=C/CC/C=C/CCCCCCCCCCC. The van der Waals surface area contributed by atoms with E-state index in [1.54, 1.807) is 6.08 Å². The highest BCUT2D eigenvalue weighted by Crippen LogP contribution is 2.23. The molecule has 0 saturated carbocycles. The van der Waals surface area contributed by atoms with Gasteiger partial charge in [0.15, 0.2) is 6.29 Å². The van der Waals surface area contributed by atoms with E-state index in [4.69, 9.17) is 14.2 Å². The minimum Gasteiger partial charge on any atom is -0.466 e. The Morgan fingerprint density at radius 3 is 1.21 bits per heavy atom. The summed E-state index contributed by atoms with van der Waals surface area (Å²) >= 11 is 0. The minimum atomic E-state index is -1.58. The van der Waals surface area contributed by atoms with Gasteiger partial charge in [0, 0.05) is 12.8 Å². The van der Waals surface area contributed by atoms with E-state index in [2.05, 4.69) is 55.6 Å². The second-order valence-corrected chi connectivity index (χ2v) is 24.9. The Bertz CT molecular complexity index is 1530. The molecule has 1 rings (SSSR count). The van der Waals surface area contributed by atoms with Gasteiger partial charge in [0.05, 0.1) is 32.0 Å². The van der Waals surface area contributed by atoms with E-state index in [-0.39, 0.29) is 18.5 Å². The summed E-state index contributed by atoms with van der Waals surface area (Å²) in [4.78, 5) is 25.1. The van der Waals surface area contributed by atoms with Crippen molar-refractivity contribution >= 4 is 11.9 Å². The maximum atomic E-state index is 13.1. The average molecular weight is 1190 g/mol. The molecule has 11 heteroatoms. The monoisotopic (exact) mass is 1190 g/mol. The third kappa shape index (κ3) is 50.6. The molecule has 84 heavy (non-hydrogen) atoms. The van der Waals surface area contributed by atoms with E-state index < -0.39 is 49.5 Å². The smallest absolute Gasteiger partial charge is 0.305 e. The predicted octanol–water partition coefficient (Wildman–Crippen LogP) is 18.4. The fourth-order valence-electron chi connectivity index (χ4n) is 11.2. The fourth-order valence-corrected chi connectivity index (χ4v) is 11.2. The van der Waals surface area contributed by atoms with Crippen molar-refractivity contribution in [1.29, 1.82) is 0 Å². The molecular formula is C73H135NO10. The van der Waals surface area contributed by atoms with E-state index >= 15 is 0 Å². The minimum absolute atomic E-state index is 0.00255. The number of nitrogens with one attached hydrogen (secondary N) is 1. The number of unbranched alkanes of at least 4 members (excludes halogenated alkanes) is 43. The largest absolute Gasteiger partial charge is 0.466 e. The fraction of sp³-hybridized carbons (Fsp3) is 0.863. The molecule has 7 atom stereocenters. The maximum absolute atomic E-state index is 13.1. The Labute approximate surface area is 516 Å². The normalized spacial score (nSPS) is 18.3. The molecule has 6 N–H and O–H groups in total. The molecule has 1 fully saturated rings. The summed E-state index contributed by atoms with van der Waals surface area (Å²) in [5.74, 6) is -0.191. The summed E-state index contributed by atoms with van der Waals surface area (Å²) in [6.45, 7) is 4.32. The number of rotatable bonds is 63. The lowest BCUT2D eigenvalue weighted by atomic mass is 9.99. The van der Waals surface area contributed by atoms with Crippen LogP contribution in [-0.2, 0) is 23.8 Å².